The van der Waals surface area contributed by atoms with Gasteiger partial charge in [0.15, 0.2) is 0 Å². The highest BCUT2D eigenvalue weighted by molar-refractivity contribution is 6.04. The lowest BCUT2D eigenvalue weighted by Gasteiger charge is -2.24. The number of esters is 1. The largest absolute Gasteiger partial charge is 0.461 e. The van der Waals surface area contributed by atoms with E-state index in [0.717, 1.165) is 32.5 Å². The lowest BCUT2D eigenvalue weighted by atomic mass is 9.86. The number of ether oxygens (including phenoxy) is 2. The van der Waals surface area contributed by atoms with Crippen LogP contribution in [-0.4, -0.2) is 48.7 Å². The highest BCUT2D eigenvalue weighted by Gasteiger charge is 2.44. The van der Waals surface area contributed by atoms with Gasteiger partial charge in [0.2, 0.25) is 0 Å². The van der Waals surface area contributed by atoms with E-state index in [4.69, 9.17) is 4.74 Å². The van der Waals surface area contributed by atoms with Gasteiger partial charge in [0.05, 0.1) is 12.2 Å². The highest BCUT2D eigenvalue weighted by Crippen LogP contribution is 2.40. The van der Waals surface area contributed by atoms with Crippen molar-refractivity contribution in [2.45, 2.75) is 19.5 Å². The van der Waals surface area contributed by atoms with Crippen molar-refractivity contribution in [2.75, 3.05) is 26.2 Å². The molecular weight excluding hydrogens is 318 g/mol. The maximum Gasteiger partial charge on any atom is 0.387 e. The normalized spacial score (nSPS) is 25.5. The van der Waals surface area contributed by atoms with Gasteiger partial charge in [-0.25, -0.2) is 4.79 Å². The molecule has 3 heterocycles. The number of hydrogen-bond acceptors (Lipinski definition) is 4. The van der Waals surface area contributed by atoms with Gasteiger partial charge >= 0.3 is 12.6 Å². The zero-order valence-corrected chi connectivity index (χ0v) is 13.1. The van der Waals surface area contributed by atoms with Crippen molar-refractivity contribution in [3.63, 3.8) is 0 Å². The zero-order valence-electron chi connectivity index (χ0n) is 13.1. The number of alkyl halides is 2. The van der Waals surface area contributed by atoms with Crippen LogP contribution in [0.15, 0.2) is 24.4 Å². The Hall–Kier alpha value is -2.15. The number of carbonyl (C=O) groups is 1. The summed E-state index contributed by atoms with van der Waals surface area (Å²) in [4.78, 5) is 17.7. The molecule has 2 fully saturated rings. The number of hydrogen-bond donors (Lipinski definition) is 1. The van der Waals surface area contributed by atoms with Gasteiger partial charge in [-0.05, 0) is 38.1 Å². The first-order chi connectivity index (χ1) is 11.5. The molecule has 1 aromatic heterocycles. The van der Waals surface area contributed by atoms with Crippen LogP contribution in [0.5, 0.6) is 5.75 Å². The molecule has 24 heavy (non-hydrogen) atoms. The van der Waals surface area contributed by atoms with Crippen molar-refractivity contribution >= 4 is 16.9 Å². The molecule has 0 atom stereocenters. The molecule has 7 heteroatoms. The van der Waals surface area contributed by atoms with E-state index >= 15 is 0 Å². The lowest BCUT2D eigenvalue weighted by Crippen LogP contribution is -2.27. The van der Waals surface area contributed by atoms with Gasteiger partial charge in [0, 0.05) is 36.6 Å². The van der Waals surface area contributed by atoms with E-state index in [9.17, 15) is 13.6 Å². The predicted molar refractivity (Wildman–Crippen MR) is 85.4 cm³/mol. The Kier molecular flexibility index (Phi) is 3.68. The summed E-state index contributed by atoms with van der Waals surface area (Å²) in [5.74, 6) is -0.335. The van der Waals surface area contributed by atoms with E-state index in [0.29, 0.717) is 23.1 Å². The van der Waals surface area contributed by atoms with Gasteiger partial charge in [-0.3, -0.25) is 0 Å². The van der Waals surface area contributed by atoms with Gasteiger partial charge in [-0.1, -0.05) is 0 Å². The topological polar surface area (TPSA) is 54.6 Å². The van der Waals surface area contributed by atoms with Crippen LogP contribution in [0.25, 0.3) is 10.9 Å². The van der Waals surface area contributed by atoms with Crippen molar-refractivity contribution in [1.29, 1.82) is 0 Å². The van der Waals surface area contributed by atoms with Crippen LogP contribution < -0.4 is 4.74 Å². The minimum Gasteiger partial charge on any atom is -0.461 e. The Morgan fingerprint density at radius 3 is 2.83 bits per heavy atom. The number of piperidine rings is 1. The molecule has 2 aromatic rings. The molecule has 2 aliphatic rings. The van der Waals surface area contributed by atoms with E-state index in [-0.39, 0.29) is 18.6 Å². The molecule has 1 N–H and O–H groups in total. The Balaban J connectivity index is 0.00000182. The van der Waals surface area contributed by atoms with Gasteiger partial charge < -0.3 is 19.4 Å². The van der Waals surface area contributed by atoms with E-state index < -0.39 is 6.61 Å². The van der Waals surface area contributed by atoms with Gasteiger partial charge in [0.1, 0.15) is 5.75 Å². The Labute approximate surface area is 139 Å². The monoisotopic (exact) mass is 338 g/mol. The summed E-state index contributed by atoms with van der Waals surface area (Å²) in [5.41, 5.74) is 1.09. The van der Waals surface area contributed by atoms with Crippen molar-refractivity contribution in [2.24, 2.45) is 5.41 Å². The standard InChI is InChI=1S/C17H18F2N2O3.H2/c18-16(19)24-11-1-2-12-13(8-20-14(12)7-11)15(22)23-10-17-3-5-21(9-17)6-4-17;/h1-2,7-8,16,20H,3-6,9-10H2;1H. The SMILES string of the molecule is O=C(OCC12CCN(CC1)C2)c1c[nH]c2cc(OC(F)F)ccc12.[HH]. The summed E-state index contributed by atoms with van der Waals surface area (Å²) >= 11 is 0. The van der Waals surface area contributed by atoms with E-state index in [1.165, 1.54) is 12.1 Å². The van der Waals surface area contributed by atoms with Gasteiger partial charge in [-0.15, -0.1) is 0 Å². The van der Waals surface area contributed by atoms with Gasteiger partial charge in [-0.2, -0.15) is 8.78 Å². The third-order valence-corrected chi connectivity index (χ3v) is 5.08. The summed E-state index contributed by atoms with van der Waals surface area (Å²) in [6.07, 6.45) is 3.69. The first-order valence-corrected chi connectivity index (χ1v) is 8.00. The summed E-state index contributed by atoms with van der Waals surface area (Å²) in [6.45, 7) is 0.720. The second-order valence-electron chi connectivity index (χ2n) is 6.64. The van der Waals surface area contributed by atoms with E-state index in [1.54, 1.807) is 12.3 Å². The van der Waals surface area contributed by atoms with Crippen LogP contribution >= 0.6 is 0 Å². The number of nitrogens with zero attached hydrogens (tertiary/aromatic N) is 1. The number of halogens is 2. The minimum atomic E-state index is -2.88. The minimum absolute atomic E-state index is 0. The predicted octanol–water partition coefficient (Wildman–Crippen LogP) is 3.27. The number of H-pyrrole nitrogens is 1. The molecule has 0 amide bonds. The first-order valence-electron chi connectivity index (χ1n) is 8.00. The first kappa shape index (κ1) is 15.4. The molecule has 0 unspecified atom stereocenters. The van der Waals surface area contributed by atoms with Crippen molar-refractivity contribution in [3.05, 3.63) is 30.0 Å². The van der Waals surface area contributed by atoms with Gasteiger partial charge in [0.25, 0.3) is 0 Å². The number of aromatic amines is 1. The quantitative estimate of drug-likeness (QED) is 0.850. The van der Waals surface area contributed by atoms with Crippen LogP contribution in [0, 0.1) is 5.41 Å². The number of carbonyl (C=O) groups excluding carboxylic acids is 1. The number of fused-ring (bicyclic) bond motifs is 3. The fourth-order valence-corrected chi connectivity index (χ4v) is 3.75. The van der Waals surface area contributed by atoms with Crippen LogP contribution in [0.4, 0.5) is 8.78 Å². The molecule has 1 aromatic carbocycles. The number of nitrogens with one attached hydrogen (secondary N) is 1. The van der Waals surface area contributed by atoms with Crippen LogP contribution in [0.2, 0.25) is 0 Å². The van der Waals surface area contributed by atoms with Crippen molar-refractivity contribution in [3.8, 4) is 5.75 Å². The number of benzene rings is 1. The second-order valence-corrected chi connectivity index (χ2v) is 6.64. The molecular formula is C17H20F2N2O3. The smallest absolute Gasteiger partial charge is 0.387 e. The molecule has 4 rings (SSSR count). The lowest BCUT2D eigenvalue weighted by molar-refractivity contribution is -0.0497. The summed E-state index contributed by atoms with van der Waals surface area (Å²) in [5, 5.41) is 0.638. The molecule has 2 saturated heterocycles. The molecule has 0 aliphatic carbocycles. The fraction of sp³-hybridized carbons (Fsp3) is 0.471. The Bertz CT molecular complexity index is 772. The van der Waals surface area contributed by atoms with Crippen molar-refractivity contribution < 1.29 is 24.5 Å². The molecule has 0 radical (unpaired) electrons. The summed E-state index contributed by atoms with van der Waals surface area (Å²) in [7, 11) is 0. The van der Waals surface area contributed by atoms with Crippen LogP contribution in [-0.2, 0) is 4.74 Å². The highest BCUT2D eigenvalue weighted by atomic mass is 19.3. The summed E-state index contributed by atoms with van der Waals surface area (Å²) in [6, 6.07) is 4.46. The Morgan fingerprint density at radius 1 is 1.38 bits per heavy atom. The van der Waals surface area contributed by atoms with Crippen LogP contribution in [0.1, 0.15) is 24.6 Å². The maximum absolute atomic E-state index is 12.4. The van der Waals surface area contributed by atoms with Crippen molar-refractivity contribution in [1.82, 2.24) is 9.88 Å². The number of rotatable bonds is 5. The van der Waals surface area contributed by atoms with Crippen LogP contribution in [0.3, 0.4) is 0 Å². The van der Waals surface area contributed by atoms with E-state index in [1.807, 2.05) is 0 Å². The third-order valence-electron chi connectivity index (χ3n) is 5.08. The fourth-order valence-electron chi connectivity index (χ4n) is 3.75. The maximum atomic E-state index is 12.4. The summed E-state index contributed by atoms with van der Waals surface area (Å²) < 4.78 is 34.5. The van der Waals surface area contributed by atoms with E-state index in [2.05, 4.69) is 14.6 Å². The third kappa shape index (κ3) is 2.73. The Morgan fingerprint density at radius 2 is 2.17 bits per heavy atom. The zero-order chi connectivity index (χ0) is 16.7. The molecule has 2 aliphatic heterocycles. The molecule has 130 valence electrons. The average Bonchev–Trinajstić information content (AvgIpc) is 3.26. The molecule has 0 saturated carbocycles. The molecule has 0 spiro atoms. The molecule has 5 nitrogen and oxygen atoms in total. The molecule has 2 bridgehead atoms. The second kappa shape index (κ2) is 5.73. The number of aromatic nitrogens is 1. The average molecular weight is 338 g/mol.